The summed E-state index contributed by atoms with van der Waals surface area (Å²) in [6.07, 6.45) is 2.80. The van der Waals surface area contributed by atoms with Crippen LogP contribution in [0.4, 0.5) is 5.13 Å². The van der Waals surface area contributed by atoms with Crippen LogP contribution in [-0.2, 0) is 11.3 Å². The number of thioether (sulfide) groups is 1. The van der Waals surface area contributed by atoms with E-state index in [0.717, 1.165) is 59.6 Å². The number of rotatable bonds is 7. The first-order valence-electron chi connectivity index (χ1n) is 8.88. The highest BCUT2D eigenvalue weighted by molar-refractivity contribution is 8.01. The fourth-order valence-electron chi connectivity index (χ4n) is 2.94. The van der Waals surface area contributed by atoms with E-state index in [0.29, 0.717) is 5.13 Å². The monoisotopic (exact) mass is 410 g/mol. The number of halogens is 1. The van der Waals surface area contributed by atoms with E-state index >= 15 is 0 Å². The number of benzene rings is 1. The lowest BCUT2D eigenvalue weighted by molar-refractivity contribution is -0.121. The highest BCUT2D eigenvalue weighted by Gasteiger charge is 2.26. The summed E-state index contributed by atoms with van der Waals surface area (Å²) >= 11 is 9.38. The second-order valence-electron chi connectivity index (χ2n) is 6.35. The first kappa shape index (κ1) is 19.6. The van der Waals surface area contributed by atoms with Gasteiger partial charge in [0.1, 0.15) is 0 Å². The van der Waals surface area contributed by atoms with Crippen LogP contribution in [0.1, 0.15) is 31.7 Å². The third-order valence-electron chi connectivity index (χ3n) is 4.38. The predicted molar refractivity (Wildman–Crippen MR) is 109 cm³/mol. The lowest BCUT2D eigenvalue weighted by Gasteiger charge is -2.31. The molecule has 2 aromatic rings. The molecule has 0 bridgehead atoms. The van der Waals surface area contributed by atoms with Crippen LogP contribution >= 0.6 is 34.7 Å². The number of aromatic nitrogens is 2. The Hall–Kier alpha value is -1.15. The van der Waals surface area contributed by atoms with Crippen LogP contribution in [0.2, 0.25) is 5.02 Å². The minimum Gasteiger partial charge on any atom is -0.300 e. The molecular weight excluding hydrogens is 388 g/mol. The SMILES string of the molecule is CCCSc1nnc(NC(=O)C2CCN(Cc3ccccc3Cl)CC2)s1. The van der Waals surface area contributed by atoms with E-state index in [1.165, 1.54) is 11.3 Å². The average Bonchev–Trinajstić information content (AvgIpc) is 3.10. The zero-order chi connectivity index (χ0) is 18.4. The molecule has 8 heteroatoms. The summed E-state index contributed by atoms with van der Waals surface area (Å²) in [5, 5.41) is 12.5. The van der Waals surface area contributed by atoms with Crippen molar-refractivity contribution < 1.29 is 4.79 Å². The van der Waals surface area contributed by atoms with Gasteiger partial charge in [-0.2, -0.15) is 0 Å². The quantitative estimate of drug-likeness (QED) is 0.536. The molecule has 5 nitrogen and oxygen atoms in total. The average molecular weight is 411 g/mol. The highest BCUT2D eigenvalue weighted by atomic mass is 35.5. The van der Waals surface area contributed by atoms with E-state index in [2.05, 4.69) is 33.4 Å². The van der Waals surface area contributed by atoms with Crippen molar-refractivity contribution in [2.45, 2.75) is 37.1 Å². The highest BCUT2D eigenvalue weighted by Crippen LogP contribution is 2.27. The number of nitrogens with zero attached hydrogens (tertiary/aromatic N) is 3. The molecule has 2 heterocycles. The Morgan fingerprint density at radius 2 is 2.12 bits per heavy atom. The molecule has 1 aromatic heterocycles. The van der Waals surface area contributed by atoms with Gasteiger partial charge in [-0.25, -0.2) is 0 Å². The van der Waals surface area contributed by atoms with Crippen molar-refractivity contribution in [3.05, 3.63) is 34.9 Å². The molecular formula is C18H23ClN4OS2. The van der Waals surface area contributed by atoms with Gasteiger partial charge in [0.05, 0.1) is 0 Å². The number of piperidine rings is 1. The van der Waals surface area contributed by atoms with Crippen molar-refractivity contribution in [3.8, 4) is 0 Å². The molecule has 26 heavy (non-hydrogen) atoms. The van der Waals surface area contributed by atoms with E-state index in [4.69, 9.17) is 11.6 Å². The zero-order valence-electron chi connectivity index (χ0n) is 14.8. The van der Waals surface area contributed by atoms with E-state index in [1.54, 1.807) is 11.8 Å². The number of nitrogens with one attached hydrogen (secondary N) is 1. The maximum Gasteiger partial charge on any atom is 0.229 e. The number of hydrogen-bond acceptors (Lipinski definition) is 6. The molecule has 0 unspecified atom stereocenters. The number of hydrogen-bond donors (Lipinski definition) is 1. The number of amides is 1. The van der Waals surface area contributed by atoms with Crippen molar-refractivity contribution >= 4 is 45.7 Å². The van der Waals surface area contributed by atoms with Crippen molar-refractivity contribution in [2.75, 3.05) is 24.2 Å². The third-order valence-corrected chi connectivity index (χ3v) is 6.92. The number of anilines is 1. The maximum absolute atomic E-state index is 12.5. The minimum atomic E-state index is 0.0353. The topological polar surface area (TPSA) is 58.1 Å². The number of carbonyl (C=O) groups excluding carboxylic acids is 1. The minimum absolute atomic E-state index is 0.0353. The second kappa shape index (κ2) is 9.69. The molecule has 1 fully saturated rings. The van der Waals surface area contributed by atoms with Gasteiger partial charge >= 0.3 is 0 Å². The largest absolute Gasteiger partial charge is 0.300 e. The fraction of sp³-hybridized carbons (Fsp3) is 0.500. The third kappa shape index (κ3) is 5.42. The van der Waals surface area contributed by atoms with Crippen LogP contribution in [0.15, 0.2) is 28.6 Å². The Bertz CT molecular complexity index is 731. The summed E-state index contributed by atoms with van der Waals surface area (Å²) in [5.74, 6) is 1.12. The van der Waals surface area contributed by atoms with Crippen LogP contribution in [0.5, 0.6) is 0 Å². The summed E-state index contributed by atoms with van der Waals surface area (Å²) in [5.41, 5.74) is 1.14. The van der Waals surface area contributed by atoms with Gasteiger partial charge in [-0.15, -0.1) is 10.2 Å². The van der Waals surface area contributed by atoms with E-state index in [-0.39, 0.29) is 11.8 Å². The molecule has 1 amide bonds. The van der Waals surface area contributed by atoms with Crippen molar-refractivity contribution in [1.29, 1.82) is 0 Å². The summed E-state index contributed by atoms with van der Waals surface area (Å²) < 4.78 is 0.914. The van der Waals surface area contributed by atoms with Gasteiger partial charge in [0.2, 0.25) is 11.0 Å². The Morgan fingerprint density at radius 3 is 2.85 bits per heavy atom. The van der Waals surface area contributed by atoms with Gasteiger partial charge < -0.3 is 5.32 Å². The Kier molecular flexibility index (Phi) is 7.31. The Balaban J connectivity index is 1.46. The molecule has 0 atom stereocenters. The molecule has 0 spiro atoms. The maximum atomic E-state index is 12.5. The molecule has 1 saturated heterocycles. The molecule has 0 radical (unpaired) electrons. The van der Waals surface area contributed by atoms with Crippen LogP contribution in [0, 0.1) is 5.92 Å². The van der Waals surface area contributed by atoms with Gasteiger partial charge in [0.25, 0.3) is 0 Å². The fourth-order valence-corrected chi connectivity index (χ4v) is 4.81. The summed E-state index contributed by atoms with van der Waals surface area (Å²) in [7, 11) is 0. The molecule has 140 valence electrons. The Labute approximate surface area is 167 Å². The Morgan fingerprint density at radius 1 is 1.35 bits per heavy atom. The van der Waals surface area contributed by atoms with Gasteiger partial charge in [0.15, 0.2) is 4.34 Å². The van der Waals surface area contributed by atoms with E-state index in [9.17, 15) is 4.79 Å². The van der Waals surface area contributed by atoms with Crippen LogP contribution in [0.25, 0.3) is 0 Å². The molecule has 0 aliphatic carbocycles. The number of likely N-dealkylation sites (tertiary alicyclic amines) is 1. The lowest BCUT2D eigenvalue weighted by atomic mass is 9.95. The molecule has 1 N–H and O–H groups in total. The van der Waals surface area contributed by atoms with Gasteiger partial charge in [-0.05, 0) is 44.0 Å². The normalized spacial score (nSPS) is 15.9. The smallest absolute Gasteiger partial charge is 0.229 e. The molecule has 1 aliphatic heterocycles. The van der Waals surface area contributed by atoms with E-state index < -0.39 is 0 Å². The predicted octanol–water partition coefficient (Wildman–Crippen LogP) is 4.54. The van der Waals surface area contributed by atoms with Crippen molar-refractivity contribution in [1.82, 2.24) is 15.1 Å². The van der Waals surface area contributed by atoms with Crippen molar-refractivity contribution in [2.24, 2.45) is 5.92 Å². The molecule has 1 aromatic carbocycles. The molecule has 0 saturated carbocycles. The van der Waals surface area contributed by atoms with E-state index in [1.807, 2.05) is 18.2 Å². The first-order valence-corrected chi connectivity index (χ1v) is 11.1. The van der Waals surface area contributed by atoms with Crippen LogP contribution in [0.3, 0.4) is 0 Å². The van der Waals surface area contributed by atoms with Gasteiger partial charge in [-0.3, -0.25) is 9.69 Å². The first-order chi connectivity index (χ1) is 12.7. The summed E-state index contributed by atoms with van der Waals surface area (Å²) in [4.78, 5) is 14.8. The van der Waals surface area contributed by atoms with Crippen LogP contribution < -0.4 is 5.32 Å². The zero-order valence-corrected chi connectivity index (χ0v) is 17.2. The summed E-state index contributed by atoms with van der Waals surface area (Å²) in [6, 6.07) is 7.94. The molecule has 3 rings (SSSR count). The van der Waals surface area contributed by atoms with Gasteiger partial charge in [0, 0.05) is 23.2 Å². The van der Waals surface area contributed by atoms with Gasteiger partial charge in [-0.1, -0.05) is 59.8 Å². The summed E-state index contributed by atoms with van der Waals surface area (Å²) in [6.45, 7) is 4.77. The number of carbonyl (C=O) groups is 1. The second-order valence-corrected chi connectivity index (χ2v) is 9.08. The molecule has 1 aliphatic rings. The van der Waals surface area contributed by atoms with Crippen molar-refractivity contribution in [3.63, 3.8) is 0 Å². The van der Waals surface area contributed by atoms with Crippen LogP contribution in [-0.4, -0.2) is 39.8 Å². The lowest BCUT2D eigenvalue weighted by Crippen LogP contribution is -2.37. The standard InChI is InChI=1S/C18H23ClN4OS2/c1-2-11-25-18-22-21-17(26-18)20-16(24)13-7-9-23(10-8-13)12-14-5-3-4-6-15(14)19/h3-6,13H,2,7-12H2,1H3,(H,20,21,24).